The van der Waals surface area contributed by atoms with Gasteiger partial charge in [0.15, 0.2) is 5.82 Å². The van der Waals surface area contributed by atoms with Crippen LogP contribution in [0, 0.1) is 6.92 Å². The summed E-state index contributed by atoms with van der Waals surface area (Å²) in [5.74, 6) is -0.654. The van der Waals surface area contributed by atoms with Gasteiger partial charge in [0.05, 0.1) is 5.25 Å². The number of nitrogens with zero attached hydrogens (tertiary/aromatic N) is 4. The average Bonchev–Trinajstić information content (AvgIpc) is 2.33. The summed E-state index contributed by atoms with van der Waals surface area (Å²) in [7, 11) is 0. The molecule has 1 unspecified atom stereocenters. The fourth-order valence-electron chi connectivity index (χ4n) is 0.691. The third-order valence-corrected chi connectivity index (χ3v) is 1.37. The van der Waals surface area contributed by atoms with E-state index in [1.165, 1.54) is 0 Å². The van der Waals surface area contributed by atoms with E-state index in [2.05, 4.69) is 35.1 Å². The zero-order chi connectivity index (χ0) is 9.14. The third-order valence-electron chi connectivity index (χ3n) is 1.14. The number of carboxylic acids is 1. The summed E-state index contributed by atoms with van der Waals surface area (Å²) >= 11 is 3.98. The van der Waals surface area contributed by atoms with Crippen molar-refractivity contribution < 1.29 is 9.90 Å². The van der Waals surface area contributed by atoms with Gasteiger partial charge in [-0.25, -0.2) is 4.68 Å². The van der Waals surface area contributed by atoms with E-state index in [-0.39, 0.29) is 6.54 Å². The molecule has 6 nitrogen and oxygen atoms in total. The zero-order valence-corrected chi connectivity index (χ0v) is 6.98. The SMILES string of the molecule is [CH2]C(S)c1nnnn1CC(=O)O. The number of thiol groups is 1. The summed E-state index contributed by atoms with van der Waals surface area (Å²) in [4.78, 5) is 10.3. The van der Waals surface area contributed by atoms with Crippen molar-refractivity contribution >= 4 is 18.6 Å². The Bertz CT molecular complexity index is 285. The Morgan fingerprint density at radius 3 is 3.00 bits per heavy atom. The molecule has 0 amide bonds. The summed E-state index contributed by atoms with van der Waals surface area (Å²) in [6.45, 7) is 3.29. The highest BCUT2D eigenvalue weighted by Gasteiger charge is 2.12. The molecule has 0 aliphatic heterocycles. The van der Waals surface area contributed by atoms with Crippen LogP contribution in [0.4, 0.5) is 0 Å². The highest BCUT2D eigenvalue weighted by atomic mass is 32.1. The number of hydrogen-bond acceptors (Lipinski definition) is 5. The maximum Gasteiger partial charge on any atom is 0.325 e. The molecule has 1 heterocycles. The van der Waals surface area contributed by atoms with Gasteiger partial charge in [-0.15, -0.1) is 5.10 Å². The molecule has 0 saturated carbocycles. The lowest BCUT2D eigenvalue weighted by molar-refractivity contribution is -0.137. The molecule has 0 aromatic carbocycles. The summed E-state index contributed by atoms with van der Waals surface area (Å²) < 4.78 is 1.15. The van der Waals surface area contributed by atoms with Crippen molar-refractivity contribution in [1.82, 2.24) is 20.2 Å². The van der Waals surface area contributed by atoms with Gasteiger partial charge >= 0.3 is 5.97 Å². The Morgan fingerprint density at radius 2 is 2.50 bits per heavy atom. The van der Waals surface area contributed by atoms with Gasteiger partial charge in [0.2, 0.25) is 0 Å². The van der Waals surface area contributed by atoms with Crippen LogP contribution in [0.2, 0.25) is 0 Å². The zero-order valence-electron chi connectivity index (χ0n) is 6.08. The molecule has 1 N–H and O–H groups in total. The number of rotatable bonds is 3. The first-order valence-electron chi connectivity index (χ1n) is 3.10. The fraction of sp³-hybridized carbons (Fsp3) is 0.400. The second kappa shape index (κ2) is 3.53. The molecule has 0 saturated heterocycles. The van der Waals surface area contributed by atoms with E-state index in [0.29, 0.717) is 5.82 Å². The van der Waals surface area contributed by atoms with Crippen molar-refractivity contribution in [2.75, 3.05) is 0 Å². The van der Waals surface area contributed by atoms with Crippen LogP contribution in [0.5, 0.6) is 0 Å². The molecular formula is C5H7N4O2S. The highest BCUT2D eigenvalue weighted by molar-refractivity contribution is 7.80. The average molecular weight is 187 g/mol. The molecule has 1 aromatic heterocycles. The van der Waals surface area contributed by atoms with Gasteiger partial charge in [-0.2, -0.15) is 12.6 Å². The van der Waals surface area contributed by atoms with Crippen molar-refractivity contribution in [3.05, 3.63) is 12.7 Å². The number of carboxylic acid groups (broad SMARTS) is 1. The van der Waals surface area contributed by atoms with Gasteiger partial charge in [-0.3, -0.25) is 4.79 Å². The smallest absolute Gasteiger partial charge is 0.325 e. The maximum atomic E-state index is 10.3. The quantitative estimate of drug-likeness (QED) is 0.627. The van der Waals surface area contributed by atoms with Crippen LogP contribution < -0.4 is 0 Å². The normalized spacial score (nSPS) is 12.8. The number of hydrogen-bond donors (Lipinski definition) is 2. The monoisotopic (exact) mass is 187 g/mol. The Balaban J connectivity index is 2.84. The molecule has 0 bridgehead atoms. The van der Waals surface area contributed by atoms with Crippen LogP contribution in [0.25, 0.3) is 0 Å². The third kappa shape index (κ3) is 1.94. The number of tetrazole rings is 1. The van der Waals surface area contributed by atoms with Crippen molar-refractivity contribution in [3.8, 4) is 0 Å². The summed E-state index contributed by atoms with van der Waals surface area (Å²) in [6, 6.07) is 0. The van der Waals surface area contributed by atoms with E-state index in [0.717, 1.165) is 4.68 Å². The van der Waals surface area contributed by atoms with Crippen molar-refractivity contribution in [3.63, 3.8) is 0 Å². The minimum atomic E-state index is -1.00. The van der Waals surface area contributed by atoms with Crippen LogP contribution in [0.1, 0.15) is 11.1 Å². The van der Waals surface area contributed by atoms with Crippen molar-refractivity contribution in [2.45, 2.75) is 11.8 Å². The Hall–Kier alpha value is -1.11. The Kier molecular flexibility index (Phi) is 2.64. The molecule has 0 aliphatic rings. The first-order valence-corrected chi connectivity index (χ1v) is 3.62. The first kappa shape index (κ1) is 8.98. The molecule has 0 spiro atoms. The Labute approximate surface area is 74.0 Å². The summed E-state index contributed by atoms with van der Waals surface area (Å²) in [5.41, 5.74) is 0. The standard InChI is InChI=1S/C5H7N4O2S/c1-3(12)5-6-7-8-9(5)2-4(10)11/h3,12H,1-2H2,(H,10,11). The van der Waals surface area contributed by atoms with Crippen LogP contribution in [0.3, 0.4) is 0 Å². The molecule has 12 heavy (non-hydrogen) atoms. The predicted molar refractivity (Wildman–Crippen MR) is 42.5 cm³/mol. The van der Waals surface area contributed by atoms with E-state index < -0.39 is 11.2 Å². The largest absolute Gasteiger partial charge is 0.480 e. The lowest BCUT2D eigenvalue weighted by atomic mass is 10.4. The van der Waals surface area contributed by atoms with Gasteiger partial charge < -0.3 is 5.11 Å². The number of aliphatic carboxylic acids is 1. The van der Waals surface area contributed by atoms with Crippen molar-refractivity contribution in [1.29, 1.82) is 0 Å². The van der Waals surface area contributed by atoms with Gasteiger partial charge in [0.25, 0.3) is 0 Å². The van der Waals surface area contributed by atoms with E-state index in [1.807, 2.05) is 0 Å². The van der Waals surface area contributed by atoms with Gasteiger partial charge in [0.1, 0.15) is 6.54 Å². The van der Waals surface area contributed by atoms with Gasteiger partial charge in [0, 0.05) is 0 Å². The van der Waals surface area contributed by atoms with Gasteiger partial charge in [-0.1, -0.05) is 0 Å². The lowest BCUT2D eigenvalue weighted by Crippen LogP contribution is -2.13. The fourth-order valence-corrected chi connectivity index (χ4v) is 0.876. The van der Waals surface area contributed by atoms with Crippen LogP contribution in [-0.2, 0) is 11.3 Å². The minimum Gasteiger partial charge on any atom is -0.480 e. The molecule has 7 heteroatoms. The molecule has 0 fully saturated rings. The van der Waals surface area contributed by atoms with Crippen molar-refractivity contribution in [2.24, 2.45) is 0 Å². The molecule has 1 atom stereocenters. The second-order valence-electron chi connectivity index (χ2n) is 2.10. The van der Waals surface area contributed by atoms with E-state index >= 15 is 0 Å². The summed E-state index contributed by atoms with van der Waals surface area (Å²) in [6.07, 6.45) is 0. The highest BCUT2D eigenvalue weighted by Crippen LogP contribution is 2.13. The molecule has 1 radical (unpaired) electrons. The Morgan fingerprint density at radius 1 is 1.83 bits per heavy atom. The topological polar surface area (TPSA) is 80.9 Å². The molecule has 65 valence electrons. The first-order chi connectivity index (χ1) is 5.61. The number of aromatic nitrogens is 4. The second-order valence-corrected chi connectivity index (χ2v) is 2.73. The predicted octanol–water partition coefficient (Wildman–Crippen LogP) is -0.437. The van der Waals surface area contributed by atoms with Gasteiger partial charge in [-0.05, 0) is 17.4 Å². The molecular weight excluding hydrogens is 180 g/mol. The number of carbonyl (C=O) groups is 1. The van der Waals surface area contributed by atoms with E-state index in [1.54, 1.807) is 0 Å². The van der Waals surface area contributed by atoms with Crippen LogP contribution in [-0.4, -0.2) is 31.3 Å². The van der Waals surface area contributed by atoms with E-state index in [4.69, 9.17) is 5.11 Å². The van der Waals surface area contributed by atoms with Crippen LogP contribution in [0.15, 0.2) is 0 Å². The van der Waals surface area contributed by atoms with E-state index in [9.17, 15) is 4.79 Å². The lowest BCUT2D eigenvalue weighted by Gasteiger charge is -2.02. The maximum absolute atomic E-state index is 10.3. The molecule has 1 aromatic rings. The van der Waals surface area contributed by atoms with Crippen LogP contribution >= 0.6 is 12.6 Å². The molecule has 0 aliphatic carbocycles. The minimum absolute atomic E-state index is 0.269. The molecule has 1 rings (SSSR count). The summed E-state index contributed by atoms with van der Waals surface area (Å²) in [5, 5.41) is 18.4.